The molecule has 0 spiro atoms. The zero-order valence-electron chi connectivity index (χ0n) is 25.4. The van der Waals surface area contributed by atoms with Crippen molar-refractivity contribution in [2.75, 3.05) is 13.2 Å². The van der Waals surface area contributed by atoms with Gasteiger partial charge in [0.15, 0.2) is 0 Å². The van der Waals surface area contributed by atoms with Crippen molar-refractivity contribution in [2.45, 2.75) is 65.2 Å². The fourth-order valence-corrected chi connectivity index (χ4v) is 4.90. The molecule has 0 aliphatic rings. The van der Waals surface area contributed by atoms with Crippen molar-refractivity contribution in [1.29, 1.82) is 0 Å². The van der Waals surface area contributed by atoms with Crippen LogP contribution in [-0.2, 0) is 0 Å². The van der Waals surface area contributed by atoms with Crippen molar-refractivity contribution in [1.82, 2.24) is 0 Å². The van der Waals surface area contributed by atoms with Gasteiger partial charge >= 0.3 is 0 Å². The number of ether oxygens (including phenoxy) is 2. The van der Waals surface area contributed by atoms with Crippen molar-refractivity contribution < 1.29 is 9.47 Å². The third kappa shape index (κ3) is 10.1. The molecule has 2 heteroatoms. The Balaban J connectivity index is 1.62. The molecular weight excluding hydrogens is 512 g/mol. The monoisotopic (exact) mass is 558 g/mol. The Kier molecular flexibility index (Phi) is 13.0. The maximum atomic E-state index is 6.28. The van der Waals surface area contributed by atoms with Gasteiger partial charge < -0.3 is 9.47 Å². The van der Waals surface area contributed by atoms with Gasteiger partial charge in [0.2, 0.25) is 0 Å². The van der Waals surface area contributed by atoms with Gasteiger partial charge in [-0.3, -0.25) is 0 Å². The van der Waals surface area contributed by atoms with Crippen molar-refractivity contribution in [3.05, 3.63) is 119 Å². The summed E-state index contributed by atoms with van der Waals surface area (Å²) < 4.78 is 12.6. The number of hydrogen-bond acceptors (Lipinski definition) is 2. The highest BCUT2D eigenvalue weighted by molar-refractivity contribution is 5.80. The Morgan fingerprint density at radius 1 is 0.452 bits per heavy atom. The van der Waals surface area contributed by atoms with Gasteiger partial charge in [0.05, 0.1) is 13.2 Å². The summed E-state index contributed by atoms with van der Waals surface area (Å²) in [6, 6.07) is 33.9. The summed E-state index contributed by atoms with van der Waals surface area (Å²) in [6.07, 6.45) is 18.2. The minimum Gasteiger partial charge on any atom is -0.493 e. The van der Waals surface area contributed by atoms with Crippen LogP contribution in [0.25, 0.3) is 35.4 Å². The first kappa shape index (κ1) is 30.9. The third-order valence-corrected chi connectivity index (χ3v) is 7.37. The molecule has 0 amide bonds. The fraction of sp³-hybridized carbons (Fsp3) is 0.300. The van der Waals surface area contributed by atoms with Crippen LogP contribution in [0.5, 0.6) is 11.5 Å². The van der Waals surface area contributed by atoms with Crippen LogP contribution in [0.4, 0.5) is 0 Å². The summed E-state index contributed by atoms with van der Waals surface area (Å²) in [5.74, 6) is 1.86. The molecular formula is C40H46O2. The van der Waals surface area contributed by atoms with Crippen molar-refractivity contribution >= 4 is 24.3 Å². The molecule has 0 bridgehead atoms. The molecule has 0 saturated heterocycles. The lowest BCUT2D eigenvalue weighted by atomic mass is 9.99. The minimum absolute atomic E-state index is 0.740. The number of unbranched alkanes of at least 4 members (excludes halogenated alkanes) is 6. The van der Waals surface area contributed by atoms with Crippen molar-refractivity contribution in [3.63, 3.8) is 0 Å². The van der Waals surface area contributed by atoms with E-state index in [-0.39, 0.29) is 0 Å². The first-order valence-corrected chi connectivity index (χ1v) is 15.8. The molecule has 2 nitrogen and oxygen atoms in total. The summed E-state index contributed by atoms with van der Waals surface area (Å²) in [5, 5.41) is 0. The predicted octanol–water partition coefficient (Wildman–Crippen LogP) is 11.6. The van der Waals surface area contributed by atoms with Crippen molar-refractivity contribution in [3.8, 4) is 22.6 Å². The lowest BCUT2D eigenvalue weighted by molar-refractivity contribution is 0.304. The lowest BCUT2D eigenvalue weighted by Gasteiger charge is -2.14. The van der Waals surface area contributed by atoms with E-state index in [1.54, 1.807) is 0 Å². The highest BCUT2D eigenvalue weighted by atomic mass is 16.5. The van der Waals surface area contributed by atoms with Crippen LogP contribution in [0.15, 0.2) is 97.1 Å². The number of hydrogen-bond donors (Lipinski definition) is 0. The van der Waals surface area contributed by atoms with E-state index in [0.717, 1.165) is 59.8 Å². The normalized spacial score (nSPS) is 11.4. The van der Waals surface area contributed by atoms with Crippen LogP contribution in [0.2, 0.25) is 0 Å². The molecule has 0 aliphatic carbocycles. The average molecular weight is 559 g/mol. The SMILES string of the molecule is CCCCCCOc1ccc(-c2ccc(OCCCCCC)c(/C=C/c3ccccc3)c2)cc1/C=C/c1ccccc1. The topological polar surface area (TPSA) is 18.5 Å². The van der Waals surface area contributed by atoms with Gasteiger partial charge in [0.1, 0.15) is 11.5 Å². The smallest absolute Gasteiger partial charge is 0.126 e. The molecule has 4 rings (SSSR count). The Morgan fingerprint density at radius 3 is 1.29 bits per heavy atom. The molecule has 42 heavy (non-hydrogen) atoms. The first-order valence-electron chi connectivity index (χ1n) is 15.8. The molecule has 0 aromatic heterocycles. The summed E-state index contributed by atoms with van der Waals surface area (Å²) in [7, 11) is 0. The molecule has 0 saturated carbocycles. The molecule has 0 atom stereocenters. The number of benzene rings is 4. The van der Waals surface area contributed by atoms with Gasteiger partial charge in [-0.15, -0.1) is 0 Å². The van der Waals surface area contributed by atoms with Gasteiger partial charge in [-0.1, -0.05) is 149 Å². The second-order valence-corrected chi connectivity index (χ2v) is 10.8. The number of rotatable bonds is 17. The van der Waals surface area contributed by atoms with Crippen molar-refractivity contribution in [2.24, 2.45) is 0 Å². The second-order valence-electron chi connectivity index (χ2n) is 10.8. The van der Waals surface area contributed by atoms with Crippen LogP contribution in [0.1, 0.15) is 87.5 Å². The Morgan fingerprint density at radius 2 is 0.881 bits per heavy atom. The first-order chi connectivity index (χ1) is 20.8. The Labute approximate surface area is 253 Å². The van der Waals surface area contributed by atoms with Crippen LogP contribution in [0, 0.1) is 0 Å². The fourth-order valence-electron chi connectivity index (χ4n) is 4.90. The molecule has 4 aromatic carbocycles. The van der Waals surface area contributed by atoms with Gasteiger partial charge in [0, 0.05) is 11.1 Å². The standard InChI is InChI=1S/C40H46O2/c1-3-5-7-15-29-41-39-27-25-35(31-37(39)23-21-33-17-11-9-12-18-33)36-26-28-40(42-30-16-8-6-4-2)38(32-36)24-22-34-19-13-10-14-20-34/h9-14,17-28,31-32H,3-8,15-16,29-30H2,1-2H3/b23-21+,24-22+. The van der Waals surface area contributed by atoms with Gasteiger partial charge in [-0.2, -0.15) is 0 Å². The quantitative estimate of drug-likeness (QED) is 0.0948. The lowest BCUT2D eigenvalue weighted by Crippen LogP contribution is -2.00. The Bertz CT molecular complexity index is 1280. The molecule has 0 aliphatic heterocycles. The Hall–Kier alpha value is -4.04. The zero-order valence-corrected chi connectivity index (χ0v) is 25.4. The highest BCUT2D eigenvalue weighted by Gasteiger charge is 2.09. The van der Waals surface area contributed by atoms with Crippen LogP contribution < -0.4 is 9.47 Å². The van der Waals surface area contributed by atoms with Gasteiger partial charge in [-0.25, -0.2) is 0 Å². The maximum absolute atomic E-state index is 6.28. The molecule has 0 N–H and O–H groups in total. The van der Waals surface area contributed by atoms with E-state index in [1.807, 2.05) is 12.1 Å². The van der Waals surface area contributed by atoms with E-state index in [4.69, 9.17) is 9.47 Å². The average Bonchev–Trinajstić information content (AvgIpc) is 3.04. The minimum atomic E-state index is 0.740. The predicted molar refractivity (Wildman–Crippen MR) is 182 cm³/mol. The third-order valence-electron chi connectivity index (χ3n) is 7.37. The summed E-state index contributed by atoms with van der Waals surface area (Å²) >= 11 is 0. The van der Waals surface area contributed by atoms with E-state index in [1.165, 1.54) is 49.7 Å². The molecule has 218 valence electrons. The highest BCUT2D eigenvalue weighted by Crippen LogP contribution is 2.32. The van der Waals surface area contributed by atoms with E-state index in [9.17, 15) is 0 Å². The van der Waals surface area contributed by atoms with E-state index in [2.05, 4.69) is 123 Å². The van der Waals surface area contributed by atoms with Crippen LogP contribution >= 0.6 is 0 Å². The largest absolute Gasteiger partial charge is 0.493 e. The summed E-state index contributed by atoms with van der Waals surface area (Å²) in [5.41, 5.74) is 6.83. The van der Waals surface area contributed by atoms with Crippen LogP contribution in [0.3, 0.4) is 0 Å². The van der Waals surface area contributed by atoms with E-state index < -0.39 is 0 Å². The van der Waals surface area contributed by atoms with Crippen LogP contribution in [-0.4, -0.2) is 13.2 Å². The molecule has 4 aromatic rings. The maximum Gasteiger partial charge on any atom is 0.126 e. The summed E-state index contributed by atoms with van der Waals surface area (Å²) in [4.78, 5) is 0. The molecule has 0 unspecified atom stereocenters. The molecule has 0 fully saturated rings. The second kappa shape index (κ2) is 17.7. The molecule has 0 radical (unpaired) electrons. The van der Waals surface area contributed by atoms with E-state index in [0.29, 0.717) is 0 Å². The van der Waals surface area contributed by atoms with Gasteiger partial charge in [0.25, 0.3) is 0 Å². The summed E-state index contributed by atoms with van der Waals surface area (Å²) in [6.45, 7) is 5.96. The van der Waals surface area contributed by atoms with Gasteiger partial charge in [-0.05, 0) is 59.4 Å². The zero-order chi connectivity index (χ0) is 29.2. The van der Waals surface area contributed by atoms with E-state index >= 15 is 0 Å². The molecule has 0 heterocycles.